The first kappa shape index (κ1) is 17.1. The highest BCUT2D eigenvalue weighted by atomic mass is 32.2. The van der Waals surface area contributed by atoms with Gasteiger partial charge in [-0.15, -0.1) is 0 Å². The van der Waals surface area contributed by atoms with Crippen LogP contribution in [0.4, 0.5) is 0 Å². The highest BCUT2D eigenvalue weighted by molar-refractivity contribution is 8.00. The van der Waals surface area contributed by atoms with Crippen LogP contribution in [0.1, 0.15) is 44.5 Å². The van der Waals surface area contributed by atoms with E-state index >= 15 is 0 Å². The summed E-state index contributed by atoms with van der Waals surface area (Å²) < 4.78 is 10.7. The summed E-state index contributed by atoms with van der Waals surface area (Å²) >= 11 is 2.02. The molecule has 0 aliphatic carbocycles. The van der Waals surface area contributed by atoms with Crippen molar-refractivity contribution in [2.45, 2.75) is 44.6 Å². The predicted molar refractivity (Wildman–Crippen MR) is 88.0 cm³/mol. The van der Waals surface area contributed by atoms with Crippen LogP contribution < -0.4 is 10.6 Å². The lowest BCUT2D eigenvalue weighted by molar-refractivity contribution is 0.0683. The molecule has 0 bridgehead atoms. The van der Waals surface area contributed by atoms with E-state index in [1.807, 2.05) is 25.6 Å². The number of nitrogens with one attached hydrogen (secondary N) is 2. The number of thioether (sulfide) groups is 1. The molecule has 1 saturated heterocycles. The van der Waals surface area contributed by atoms with Gasteiger partial charge < -0.3 is 19.9 Å². The third kappa shape index (κ3) is 5.17. The van der Waals surface area contributed by atoms with E-state index in [1.54, 1.807) is 7.05 Å². The molecule has 1 aliphatic rings. The van der Waals surface area contributed by atoms with Gasteiger partial charge in [0.05, 0.1) is 6.54 Å². The molecule has 2 heterocycles. The van der Waals surface area contributed by atoms with Crippen molar-refractivity contribution in [3.8, 4) is 0 Å². The molecular weight excluding hydrogens is 302 g/mol. The van der Waals surface area contributed by atoms with E-state index in [-0.39, 0.29) is 6.10 Å². The van der Waals surface area contributed by atoms with Crippen molar-refractivity contribution in [3.63, 3.8) is 0 Å². The van der Waals surface area contributed by atoms with Gasteiger partial charge in [-0.05, 0) is 32.4 Å². The van der Waals surface area contributed by atoms with Crippen molar-refractivity contribution in [1.29, 1.82) is 0 Å². The number of hydrogen-bond acceptors (Lipinski definition) is 6. The van der Waals surface area contributed by atoms with Crippen LogP contribution in [0, 0.1) is 0 Å². The molecule has 2 atom stereocenters. The summed E-state index contributed by atoms with van der Waals surface area (Å²) in [6.45, 7) is 5.85. The fraction of sp³-hybridized carbons (Fsp3) is 0.786. The zero-order chi connectivity index (χ0) is 15.8. The van der Waals surface area contributed by atoms with Crippen LogP contribution >= 0.6 is 11.8 Å². The van der Waals surface area contributed by atoms with Crippen LogP contribution in [0.25, 0.3) is 0 Å². The molecule has 0 saturated carbocycles. The lowest BCUT2D eigenvalue weighted by atomic mass is 10.2. The third-order valence-corrected chi connectivity index (χ3v) is 4.81. The maximum Gasteiger partial charge on any atom is 0.246 e. The third-order valence-electron chi connectivity index (χ3n) is 3.42. The number of hydrogen-bond donors (Lipinski definition) is 2. The van der Waals surface area contributed by atoms with Crippen molar-refractivity contribution in [1.82, 2.24) is 20.8 Å². The lowest BCUT2D eigenvalue weighted by Gasteiger charge is -2.13. The summed E-state index contributed by atoms with van der Waals surface area (Å²) in [5.41, 5.74) is 0. The molecule has 8 heteroatoms. The number of guanidine groups is 1. The molecule has 0 spiro atoms. The van der Waals surface area contributed by atoms with Gasteiger partial charge in [-0.3, -0.25) is 4.99 Å². The van der Waals surface area contributed by atoms with Gasteiger partial charge in [0, 0.05) is 25.4 Å². The van der Waals surface area contributed by atoms with Crippen molar-refractivity contribution >= 4 is 17.7 Å². The minimum absolute atomic E-state index is 0.153. The molecule has 0 aromatic carbocycles. The quantitative estimate of drug-likeness (QED) is 0.583. The standard InChI is InChI=1S/C14H25N5O2S/c1-4-20-10(2)13-18-12(21-19-13)9-17-14(15-3)16-8-11-6-5-7-22-11/h10-11H,4-9H2,1-3H3,(H2,15,16,17). The van der Waals surface area contributed by atoms with Crippen LogP contribution in [0.15, 0.2) is 9.52 Å². The number of aliphatic imine (C=N–C) groups is 1. The summed E-state index contributed by atoms with van der Waals surface area (Å²) in [6.07, 6.45) is 2.43. The highest BCUT2D eigenvalue weighted by Crippen LogP contribution is 2.25. The Bertz CT molecular complexity index is 474. The molecule has 1 fully saturated rings. The Morgan fingerprint density at radius 2 is 2.41 bits per heavy atom. The Labute approximate surface area is 135 Å². The maximum atomic E-state index is 5.44. The average molecular weight is 327 g/mol. The Morgan fingerprint density at radius 1 is 1.55 bits per heavy atom. The predicted octanol–water partition coefficient (Wildman–Crippen LogP) is 1.73. The van der Waals surface area contributed by atoms with Crippen molar-refractivity contribution in [3.05, 3.63) is 11.7 Å². The first-order valence-corrected chi connectivity index (χ1v) is 8.78. The van der Waals surface area contributed by atoms with Crippen LogP contribution in [-0.2, 0) is 11.3 Å². The highest BCUT2D eigenvalue weighted by Gasteiger charge is 2.16. The van der Waals surface area contributed by atoms with E-state index in [1.165, 1.54) is 18.6 Å². The van der Waals surface area contributed by atoms with E-state index in [2.05, 4.69) is 25.8 Å². The van der Waals surface area contributed by atoms with Gasteiger partial charge in [-0.25, -0.2) is 0 Å². The van der Waals surface area contributed by atoms with E-state index < -0.39 is 0 Å². The zero-order valence-electron chi connectivity index (χ0n) is 13.5. The molecular formula is C14H25N5O2S. The van der Waals surface area contributed by atoms with Crippen LogP contribution in [0.3, 0.4) is 0 Å². The van der Waals surface area contributed by atoms with E-state index in [4.69, 9.17) is 9.26 Å². The van der Waals surface area contributed by atoms with Crippen LogP contribution in [0.5, 0.6) is 0 Å². The van der Waals surface area contributed by atoms with Crippen molar-refractivity contribution in [2.24, 2.45) is 4.99 Å². The molecule has 1 aromatic heterocycles. The van der Waals surface area contributed by atoms with E-state index in [0.717, 1.165) is 12.5 Å². The van der Waals surface area contributed by atoms with Crippen LogP contribution in [0.2, 0.25) is 0 Å². The molecule has 2 rings (SSSR count). The van der Waals surface area contributed by atoms with Gasteiger partial charge in [0.25, 0.3) is 0 Å². The van der Waals surface area contributed by atoms with Gasteiger partial charge in [0.15, 0.2) is 11.8 Å². The average Bonchev–Trinajstić information content (AvgIpc) is 3.19. The molecule has 22 heavy (non-hydrogen) atoms. The summed E-state index contributed by atoms with van der Waals surface area (Å²) in [7, 11) is 1.76. The normalized spacial score (nSPS) is 20.1. The molecule has 0 amide bonds. The second kappa shape index (κ2) is 8.99. The minimum Gasteiger partial charge on any atom is -0.371 e. The SMILES string of the molecule is CCOC(C)c1noc(CNC(=NC)NCC2CCCS2)n1. The molecule has 1 aliphatic heterocycles. The molecule has 2 N–H and O–H groups in total. The van der Waals surface area contributed by atoms with Crippen molar-refractivity contribution in [2.75, 3.05) is 26.0 Å². The number of ether oxygens (including phenoxy) is 1. The minimum atomic E-state index is -0.153. The molecule has 124 valence electrons. The summed E-state index contributed by atoms with van der Waals surface area (Å²) in [4.78, 5) is 8.53. The lowest BCUT2D eigenvalue weighted by Crippen LogP contribution is -2.39. The van der Waals surface area contributed by atoms with Crippen molar-refractivity contribution < 1.29 is 9.26 Å². The molecule has 2 unspecified atom stereocenters. The van der Waals surface area contributed by atoms with Gasteiger partial charge in [0.1, 0.15) is 6.10 Å². The fourth-order valence-corrected chi connectivity index (χ4v) is 3.43. The molecule has 0 radical (unpaired) electrons. The second-order valence-corrected chi connectivity index (χ2v) is 6.49. The second-order valence-electron chi connectivity index (χ2n) is 5.09. The summed E-state index contributed by atoms with van der Waals surface area (Å²) in [5, 5.41) is 11.1. The van der Waals surface area contributed by atoms with Gasteiger partial charge in [-0.2, -0.15) is 16.7 Å². The Kier molecular flexibility index (Phi) is 6.98. The fourth-order valence-electron chi connectivity index (χ4n) is 2.23. The molecule has 1 aromatic rings. The largest absolute Gasteiger partial charge is 0.371 e. The van der Waals surface area contributed by atoms with Gasteiger partial charge >= 0.3 is 0 Å². The number of nitrogens with zero attached hydrogens (tertiary/aromatic N) is 3. The van der Waals surface area contributed by atoms with E-state index in [0.29, 0.717) is 30.1 Å². The number of aromatic nitrogens is 2. The Hall–Kier alpha value is -1.28. The first-order valence-electron chi connectivity index (χ1n) is 7.73. The maximum absolute atomic E-state index is 5.44. The Balaban J connectivity index is 1.75. The smallest absolute Gasteiger partial charge is 0.246 e. The topological polar surface area (TPSA) is 84.6 Å². The monoisotopic (exact) mass is 327 g/mol. The van der Waals surface area contributed by atoms with Gasteiger partial charge in [0.2, 0.25) is 5.89 Å². The van der Waals surface area contributed by atoms with E-state index in [9.17, 15) is 0 Å². The first-order chi connectivity index (χ1) is 10.7. The summed E-state index contributed by atoms with van der Waals surface area (Å²) in [5.74, 6) is 3.12. The Morgan fingerprint density at radius 3 is 3.09 bits per heavy atom. The molecule has 7 nitrogen and oxygen atoms in total. The van der Waals surface area contributed by atoms with Crippen LogP contribution in [-0.4, -0.2) is 47.3 Å². The zero-order valence-corrected chi connectivity index (χ0v) is 14.3. The summed E-state index contributed by atoms with van der Waals surface area (Å²) in [6, 6.07) is 0. The van der Waals surface area contributed by atoms with Gasteiger partial charge in [-0.1, -0.05) is 5.16 Å². The number of rotatable bonds is 7.